The number of aromatic nitrogens is 1. The molecule has 15 heavy (non-hydrogen) atoms. The van der Waals surface area contributed by atoms with Gasteiger partial charge in [0, 0.05) is 17.1 Å². The van der Waals surface area contributed by atoms with Crippen LogP contribution in [0.4, 0.5) is 0 Å². The van der Waals surface area contributed by atoms with Gasteiger partial charge in [-0.15, -0.1) is 0 Å². The van der Waals surface area contributed by atoms with Crippen molar-refractivity contribution in [2.75, 3.05) is 6.61 Å². The average Bonchev–Trinajstić information content (AvgIpc) is 2.29. The quantitative estimate of drug-likeness (QED) is 0.655. The largest absolute Gasteiger partial charge is 0.447 e. The molecule has 0 bridgehead atoms. The second-order valence-corrected chi connectivity index (χ2v) is 3.08. The first-order valence-corrected chi connectivity index (χ1v) is 4.88. The van der Waals surface area contributed by atoms with E-state index in [0.29, 0.717) is 6.61 Å². The predicted octanol–water partition coefficient (Wildman–Crippen LogP) is 2.58. The van der Waals surface area contributed by atoms with Gasteiger partial charge >= 0.3 is 0 Å². The molecule has 0 saturated carbocycles. The van der Waals surface area contributed by atoms with E-state index >= 15 is 0 Å². The summed E-state index contributed by atoms with van der Waals surface area (Å²) in [6.07, 6.45) is 4.38. The molecule has 0 aliphatic carbocycles. The molecule has 2 heteroatoms. The van der Waals surface area contributed by atoms with Crippen molar-refractivity contribution in [3.63, 3.8) is 0 Å². The molecule has 0 saturated heterocycles. The lowest BCUT2D eigenvalue weighted by atomic mass is 10.2. The Morgan fingerprint density at radius 2 is 2.20 bits per heavy atom. The van der Waals surface area contributed by atoms with Gasteiger partial charge in [0.15, 0.2) is 0 Å². The van der Waals surface area contributed by atoms with Crippen molar-refractivity contribution in [1.82, 2.24) is 4.98 Å². The van der Waals surface area contributed by atoms with Crippen LogP contribution in [0.15, 0.2) is 36.5 Å². The van der Waals surface area contributed by atoms with Gasteiger partial charge in [0.1, 0.15) is 6.11 Å². The van der Waals surface area contributed by atoms with E-state index in [4.69, 9.17) is 4.74 Å². The molecule has 1 aromatic carbocycles. The molecule has 0 radical (unpaired) electrons. The molecule has 0 aliphatic heterocycles. The lowest BCUT2D eigenvalue weighted by Crippen LogP contribution is -1.82. The van der Waals surface area contributed by atoms with Gasteiger partial charge in [0.2, 0.25) is 0 Å². The first-order chi connectivity index (χ1) is 7.40. The highest BCUT2D eigenvalue weighted by Crippen LogP contribution is 2.11. The molecule has 2 rings (SSSR count). The average molecular weight is 197 g/mol. The zero-order valence-corrected chi connectivity index (χ0v) is 8.53. The number of hydrogen-bond donors (Lipinski definition) is 0. The number of pyridine rings is 1. The van der Waals surface area contributed by atoms with Gasteiger partial charge < -0.3 is 4.74 Å². The number of ether oxygens (including phenoxy) is 1. The maximum atomic E-state index is 4.96. The molecule has 2 nitrogen and oxygen atoms in total. The highest BCUT2D eigenvalue weighted by Gasteiger charge is 1.93. The summed E-state index contributed by atoms with van der Waals surface area (Å²) in [6, 6.07) is 9.97. The van der Waals surface area contributed by atoms with Gasteiger partial charge in [0.25, 0.3) is 0 Å². The fourth-order valence-electron chi connectivity index (χ4n) is 1.31. The van der Waals surface area contributed by atoms with Crippen molar-refractivity contribution in [3.05, 3.63) is 42.1 Å². The van der Waals surface area contributed by atoms with Crippen LogP contribution in [0, 0.1) is 12.0 Å². The number of fused-ring (bicyclic) bond motifs is 1. The summed E-state index contributed by atoms with van der Waals surface area (Å²) >= 11 is 0. The van der Waals surface area contributed by atoms with Crippen LogP contribution in [0.2, 0.25) is 0 Å². The predicted molar refractivity (Wildman–Crippen MR) is 60.2 cm³/mol. The van der Waals surface area contributed by atoms with Crippen molar-refractivity contribution >= 4 is 10.9 Å². The Morgan fingerprint density at radius 1 is 1.33 bits per heavy atom. The number of hydrogen-bond acceptors (Lipinski definition) is 2. The third-order valence-electron chi connectivity index (χ3n) is 2.00. The molecule has 0 aliphatic rings. The van der Waals surface area contributed by atoms with E-state index < -0.39 is 0 Å². The molecule has 0 N–H and O–H groups in total. The first-order valence-electron chi connectivity index (χ1n) is 4.88. The van der Waals surface area contributed by atoms with Crippen LogP contribution in [0.1, 0.15) is 12.5 Å². The number of nitrogens with zero attached hydrogens (tertiary/aromatic N) is 1. The van der Waals surface area contributed by atoms with E-state index in [1.165, 1.54) is 0 Å². The van der Waals surface area contributed by atoms with Crippen LogP contribution in [0.3, 0.4) is 0 Å². The summed E-state index contributed by atoms with van der Waals surface area (Å²) in [6.45, 7) is 2.52. The minimum absolute atomic E-state index is 0.605. The van der Waals surface area contributed by atoms with E-state index in [1.807, 2.05) is 37.3 Å². The molecule has 0 atom stereocenters. The molecular formula is C13H11NO. The molecule has 0 fully saturated rings. The Labute approximate surface area is 88.9 Å². The Hall–Kier alpha value is -2.01. The van der Waals surface area contributed by atoms with Crippen LogP contribution < -0.4 is 0 Å². The topological polar surface area (TPSA) is 22.1 Å². The van der Waals surface area contributed by atoms with E-state index in [-0.39, 0.29) is 0 Å². The van der Waals surface area contributed by atoms with E-state index in [0.717, 1.165) is 16.5 Å². The summed E-state index contributed by atoms with van der Waals surface area (Å²) in [4.78, 5) is 4.30. The molecule has 2 aromatic rings. The van der Waals surface area contributed by atoms with Gasteiger partial charge in [-0.1, -0.05) is 18.2 Å². The number of rotatable bonds is 1. The van der Waals surface area contributed by atoms with Crippen molar-refractivity contribution in [3.8, 4) is 12.0 Å². The highest BCUT2D eigenvalue weighted by molar-refractivity contribution is 5.79. The van der Waals surface area contributed by atoms with Crippen LogP contribution in [0.5, 0.6) is 0 Å². The Balaban J connectivity index is 2.36. The molecule has 1 heterocycles. The number of para-hydroxylation sites is 1. The van der Waals surface area contributed by atoms with Gasteiger partial charge in [-0.05, 0) is 25.0 Å². The summed E-state index contributed by atoms with van der Waals surface area (Å²) in [5.74, 6) is 2.90. The SMILES string of the molecule is CCOC#Cc1cnc2ccccc2c1. The Morgan fingerprint density at radius 3 is 3.07 bits per heavy atom. The molecule has 0 unspecified atom stereocenters. The Kier molecular flexibility index (Phi) is 2.85. The molecule has 1 aromatic heterocycles. The third-order valence-corrected chi connectivity index (χ3v) is 2.00. The monoisotopic (exact) mass is 197 g/mol. The van der Waals surface area contributed by atoms with Crippen molar-refractivity contribution < 1.29 is 4.74 Å². The maximum absolute atomic E-state index is 4.96. The van der Waals surface area contributed by atoms with Gasteiger partial charge in [0.05, 0.1) is 12.1 Å². The summed E-state index contributed by atoms with van der Waals surface area (Å²) in [7, 11) is 0. The lowest BCUT2D eigenvalue weighted by Gasteiger charge is -1.96. The molecule has 74 valence electrons. The normalized spacial score (nSPS) is 9.40. The van der Waals surface area contributed by atoms with Crippen LogP contribution >= 0.6 is 0 Å². The van der Waals surface area contributed by atoms with E-state index in [1.54, 1.807) is 6.20 Å². The molecule has 0 spiro atoms. The first kappa shape index (κ1) is 9.54. The van der Waals surface area contributed by atoms with Gasteiger partial charge in [-0.2, -0.15) is 0 Å². The van der Waals surface area contributed by atoms with Gasteiger partial charge in [-0.25, -0.2) is 0 Å². The van der Waals surface area contributed by atoms with Crippen molar-refractivity contribution in [2.24, 2.45) is 0 Å². The summed E-state index contributed by atoms with van der Waals surface area (Å²) in [5, 5.41) is 1.10. The smallest absolute Gasteiger partial charge is 0.115 e. The van der Waals surface area contributed by atoms with Gasteiger partial charge in [-0.3, -0.25) is 4.98 Å². The number of benzene rings is 1. The summed E-state index contributed by atoms with van der Waals surface area (Å²) in [5.41, 5.74) is 1.86. The zero-order valence-electron chi connectivity index (χ0n) is 8.53. The standard InChI is InChI=1S/C13H11NO/c1-2-15-8-7-11-9-12-5-3-4-6-13(12)14-10-11/h3-6,9-10H,2H2,1H3. The fraction of sp³-hybridized carbons (Fsp3) is 0.154. The van der Waals surface area contributed by atoms with Crippen molar-refractivity contribution in [1.29, 1.82) is 0 Å². The zero-order chi connectivity index (χ0) is 10.5. The lowest BCUT2D eigenvalue weighted by molar-refractivity contribution is 0.299. The minimum atomic E-state index is 0.605. The Bertz CT molecular complexity index is 523. The van der Waals surface area contributed by atoms with Crippen LogP contribution in [0.25, 0.3) is 10.9 Å². The van der Waals surface area contributed by atoms with E-state index in [2.05, 4.69) is 17.0 Å². The van der Waals surface area contributed by atoms with Crippen LogP contribution in [-0.4, -0.2) is 11.6 Å². The third kappa shape index (κ3) is 2.26. The second-order valence-electron chi connectivity index (χ2n) is 3.08. The van der Waals surface area contributed by atoms with E-state index in [9.17, 15) is 0 Å². The fourth-order valence-corrected chi connectivity index (χ4v) is 1.31. The maximum Gasteiger partial charge on any atom is 0.115 e. The van der Waals surface area contributed by atoms with Crippen molar-refractivity contribution in [2.45, 2.75) is 6.92 Å². The minimum Gasteiger partial charge on any atom is -0.447 e. The van der Waals surface area contributed by atoms with Crippen LogP contribution in [-0.2, 0) is 4.74 Å². The highest BCUT2D eigenvalue weighted by atomic mass is 16.5. The second kappa shape index (κ2) is 4.47. The molecular weight excluding hydrogens is 186 g/mol. The molecule has 0 amide bonds. The summed E-state index contributed by atoms with van der Waals surface area (Å²) < 4.78 is 4.96.